The molecule has 1 aliphatic heterocycles. The van der Waals surface area contributed by atoms with Crippen molar-refractivity contribution in [3.05, 3.63) is 60.0 Å². The van der Waals surface area contributed by atoms with E-state index in [0.29, 0.717) is 5.92 Å². The Morgan fingerprint density at radius 1 is 1.16 bits per heavy atom. The maximum absolute atomic E-state index is 8.81. The minimum absolute atomic E-state index is 0.0839. The molecule has 0 fully saturated rings. The highest BCUT2D eigenvalue weighted by atomic mass is 16.1. The summed E-state index contributed by atoms with van der Waals surface area (Å²) in [5.74, 6) is 0.477. The number of fused-ring (bicyclic) bond motifs is 1. The molecule has 0 saturated carbocycles. The SMILES string of the molecule is CC.CC1C=CC=C(c2cc3n(n2)C=CC(C)(C)C=C3)C=C1.CC=O. The zero-order valence-corrected chi connectivity index (χ0v) is 16.2. The topological polar surface area (TPSA) is 34.9 Å². The molecule has 0 saturated heterocycles. The Kier molecular flexibility index (Phi) is 8.06. The van der Waals surface area contributed by atoms with Crippen LogP contribution in [0.1, 0.15) is 52.9 Å². The van der Waals surface area contributed by atoms with Crippen LogP contribution in [0.3, 0.4) is 0 Å². The van der Waals surface area contributed by atoms with Crippen molar-refractivity contribution in [1.29, 1.82) is 0 Å². The highest BCUT2D eigenvalue weighted by Gasteiger charge is 2.15. The van der Waals surface area contributed by atoms with Crippen LogP contribution in [0.2, 0.25) is 0 Å². The fraction of sp³-hybridized carbons (Fsp3) is 0.364. The monoisotopic (exact) mass is 338 g/mol. The van der Waals surface area contributed by atoms with Gasteiger partial charge in [-0.3, -0.25) is 0 Å². The van der Waals surface area contributed by atoms with Crippen LogP contribution in [0.5, 0.6) is 0 Å². The van der Waals surface area contributed by atoms with Gasteiger partial charge in [-0.15, -0.1) is 0 Å². The number of rotatable bonds is 1. The van der Waals surface area contributed by atoms with Crippen LogP contribution in [-0.4, -0.2) is 16.1 Å². The van der Waals surface area contributed by atoms with E-state index in [1.165, 1.54) is 6.92 Å². The zero-order valence-electron chi connectivity index (χ0n) is 16.2. The minimum atomic E-state index is 0.0839. The van der Waals surface area contributed by atoms with Gasteiger partial charge in [0.25, 0.3) is 0 Å². The van der Waals surface area contributed by atoms with Crippen molar-refractivity contribution in [1.82, 2.24) is 9.78 Å². The second kappa shape index (κ2) is 9.77. The lowest BCUT2D eigenvalue weighted by atomic mass is 9.93. The van der Waals surface area contributed by atoms with Crippen molar-refractivity contribution in [2.75, 3.05) is 0 Å². The molecule has 0 N–H and O–H groups in total. The van der Waals surface area contributed by atoms with E-state index in [4.69, 9.17) is 9.89 Å². The Morgan fingerprint density at radius 3 is 2.52 bits per heavy atom. The molecule has 3 nitrogen and oxygen atoms in total. The van der Waals surface area contributed by atoms with Gasteiger partial charge in [-0.25, -0.2) is 4.68 Å². The van der Waals surface area contributed by atoms with Gasteiger partial charge >= 0.3 is 0 Å². The van der Waals surface area contributed by atoms with Crippen molar-refractivity contribution in [3.63, 3.8) is 0 Å². The molecule has 0 bridgehead atoms. The predicted molar refractivity (Wildman–Crippen MR) is 109 cm³/mol. The Bertz CT molecular complexity index is 679. The smallest absolute Gasteiger partial charge is 0.116 e. The molecule has 0 aromatic carbocycles. The fourth-order valence-electron chi connectivity index (χ4n) is 2.29. The number of nitrogens with zero attached hydrogens (tertiary/aromatic N) is 2. The molecule has 0 amide bonds. The lowest BCUT2D eigenvalue weighted by molar-refractivity contribution is -0.106. The first kappa shape index (κ1) is 20.6. The summed E-state index contributed by atoms with van der Waals surface area (Å²) in [4.78, 5) is 8.81. The zero-order chi connectivity index (χ0) is 18.9. The summed E-state index contributed by atoms with van der Waals surface area (Å²) >= 11 is 0. The van der Waals surface area contributed by atoms with Gasteiger partial charge in [0, 0.05) is 17.2 Å². The Labute approximate surface area is 152 Å². The highest BCUT2D eigenvalue weighted by Crippen LogP contribution is 2.27. The van der Waals surface area contributed by atoms with E-state index < -0.39 is 0 Å². The van der Waals surface area contributed by atoms with E-state index >= 15 is 0 Å². The molecule has 3 heteroatoms. The van der Waals surface area contributed by atoms with Gasteiger partial charge in [0.2, 0.25) is 0 Å². The molecule has 1 aromatic rings. The molecule has 134 valence electrons. The van der Waals surface area contributed by atoms with Crippen LogP contribution >= 0.6 is 0 Å². The fourth-order valence-corrected chi connectivity index (χ4v) is 2.29. The van der Waals surface area contributed by atoms with E-state index in [9.17, 15) is 0 Å². The van der Waals surface area contributed by atoms with Gasteiger partial charge in [-0.05, 0) is 25.0 Å². The first-order valence-corrected chi connectivity index (χ1v) is 8.90. The Hall–Kier alpha value is -2.42. The molecule has 3 rings (SSSR count). The summed E-state index contributed by atoms with van der Waals surface area (Å²) in [5, 5.41) is 4.69. The van der Waals surface area contributed by atoms with E-state index in [-0.39, 0.29) is 5.41 Å². The van der Waals surface area contributed by atoms with Gasteiger partial charge in [-0.1, -0.05) is 77.2 Å². The molecule has 0 spiro atoms. The van der Waals surface area contributed by atoms with Crippen LogP contribution in [0.15, 0.2) is 48.6 Å². The summed E-state index contributed by atoms with van der Waals surface area (Å²) in [6, 6.07) is 2.14. The summed E-state index contributed by atoms with van der Waals surface area (Å²) in [5.41, 5.74) is 3.38. The molecular weight excluding hydrogens is 308 g/mol. The van der Waals surface area contributed by atoms with Crippen LogP contribution in [0, 0.1) is 11.3 Å². The molecular formula is C22H30N2O. The van der Waals surface area contributed by atoms with E-state index in [2.05, 4.69) is 81.6 Å². The third-order valence-corrected chi connectivity index (χ3v) is 3.66. The van der Waals surface area contributed by atoms with Gasteiger partial charge < -0.3 is 4.79 Å². The van der Waals surface area contributed by atoms with Gasteiger partial charge in [0.15, 0.2) is 0 Å². The Morgan fingerprint density at radius 2 is 1.84 bits per heavy atom. The number of aldehydes is 1. The van der Waals surface area contributed by atoms with Crippen LogP contribution in [0.25, 0.3) is 17.8 Å². The molecule has 1 aliphatic carbocycles. The molecule has 0 radical (unpaired) electrons. The quantitative estimate of drug-likeness (QED) is 0.608. The molecule has 2 aliphatic rings. The van der Waals surface area contributed by atoms with Crippen molar-refractivity contribution in [3.8, 4) is 0 Å². The third-order valence-electron chi connectivity index (χ3n) is 3.66. The lowest BCUT2D eigenvalue weighted by Gasteiger charge is -2.11. The van der Waals surface area contributed by atoms with Crippen molar-refractivity contribution < 1.29 is 4.79 Å². The second-order valence-electron chi connectivity index (χ2n) is 6.33. The predicted octanol–water partition coefficient (Wildman–Crippen LogP) is 5.78. The van der Waals surface area contributed by atoms with Crippen LogP contribution < -0.4 is 0 Å². The first-order valence-electron chi connectivity index (χ1n) is 8.90. The van der Waals surface area contributed by atoms with Crippen molar-refractivity contribution in [2.45, 2.75) is 41.5 Å². The highest BCUT2D eigenvalue weighted by molar-refractivity contribution is 5.75. The summed E-state index contributed by atoms with van der Waals surface area (Å²) < 4.78 is 1.95. The van der Waals surface area contributed by atoms with Gasteiger partial charge in [0.05, 0.1) is 11.4 Å². The average molecular weight is 338 g/mol. The minimum Gasteiger partial charge on any atom is -0.304 e. The third kappa shape index (κ3) is 6.18. The summed E-state index contributed by atoms with van der Waals surface area (Å²) in [7, 11) is 0. The maximum Gasteiger partial charge on any atom is 0.116 e. The van der Waals surface area contributed by atoms with Crippen molar-refractivity contribution in [2.24, 2.45) is 11.3 Å². The number of hydrogen-bond donors (Lipinski definition) is 0. The summed E-state index contributed by atoms with van der Waals surface area (Å²) in [6.45, 7) is 12.0. The number of aromatic nitrogens is 2. The normalized spacial score (nSPS) is 19.3. The second-order valence-corrected chi connectivity index (χ2v) is 6.33. The first-order chi connectivity index (χ1) is 11.9. The Balaban J connectivity index is 0.000000567. The number of hydrogen-bond acceptors (Lipinski definition) is 2. The standard InChI is InChI=1S/C18H20N2.C2H4O.C2H6/c1-14-5-4-6-15(8-7-14)17-13-16-9-10-18(2,3)11-12-20(16)19-17;1-2-3;1-2/h4-14H,1-3H3;2H,1H3;1-2H3. The summed E-state index contributed by atoms with van der Waals surface area (Å²) in [6.07, 6.45) is 20.1. The molecule has 1 atom stereocenters. The lowest BCUT2D eigenvalue weighted by Crippen LogP contribution is -2.00. The van der Waals surface area contributed by atoms with Crippen LogP contribution in [0.4, 0.5) is 0 Å². The molecule has 1 aromatic heterocycles. The average Bonchev–Trinajstić information content (AvgIpc) is 2.79. The molecule has 1 unspecified atom stereocenters. The van der Waals surface area contributed by atoms with E-state index in [1.807, 2.05) is 18.5 Å². The number of carbonyl (C=O) groups excluding carboxylic acids is 1. The molecule has 25 heavy (non-hydrogen) atoms. The number of allylic oxidation sites excluding steroid dienone is 8. The van der Waals surface area contributed by atoms with Gasteiger partial charge in [0.1, 0.15) is 6.29 Å². The van der Waals surface area contributed by atoms with E-state index in [0.717, 1.165) is 23.2 Å². The van der Waals surface area contributed by atoms with Crippen LogP contribution in [-0.2, 0) is 4.79 Å². The number of carbonyl (C=O) groups is 1. The van der Waals surface area contributed by atoms with Gasteiger partial charge in [-0.2, -0.15) is 5.10 Å². The van der Waals surface area contributed by atoms with E-state index in [1.54, 1.807) is 0 Å². The molecule has 2 heterocycles. The van der Waals surface area contributed by atoms with Crippen molar-refractivity contribution >= 4 is 24.1 Å². The maximum atomic E-state index is 8.81. The largest absolute Gasteiger partial charge is 0.304 e.